The fourth-order valence-electron chi connectivity index (χ4n) is 6.19. The fraction of sp³-hybridized carbons (Fsp3) is 0.487. The molecule has 45 heavy (non-hydrogen) atoms. The first-order valence-electron chi connectivity index (χ1n) is 17.1. The van der Waals surface area contributed by atoms with Crippen LogP contribution in [0, 0.1) is 0 Å². The third-order valence-electron chi connectivity index (χ3n) is 8.84. The Hall–Kier alpha value is -2.82. The molecule has 4 nitrogen and oxygen atoms in total. The second-order valence-corrected chi connectivity index (χ2v) is 13.3. The molecule has 1 aliphatic heterocycles. The number of phenols is 1. The van der Waals surface area contributed by atoms with Gasteiger partial charge in [-0.15, -0.1) is 0 Å². The Morgan fingerprint density at radius 2 is 1.22 bits per heavy atom. The zero-order valence-corrected chi connectivity index (χ0v) is 28.3. The molecule has 2 aromatic rings. The molecule has 0 saturated heterocycles. The molecule has 0 saturated carbocycles. The fourth-order valence-corrected chi connectivity index (χ4v) is 6.52. The monoisotopic (exact) mass is 650 g/mol. The summed E-state index contributed by atoms with van der Waals surface area (Å²) < 4.78 is 5.94. The van der Waals surface area contributed by atoms with Crippen molar-refractivity contribution in [2.75, 3.05) is 0 Å². The maximum absolute atomic E-state index is 12.9. The van der Waals surface area contributed by atoms with Gasteiger partial charge in [0.2, 0.25) is 5.43 Å². The van der Waals surface area contributed by atoms with Gasteiger partial charge in [0.15, 0.2) is 5.78 Å². The molecule has 0 aromatic heterocycles. The third-order valence-corrected chi connectivity index (χ3v) is 9.44. The second-order valence-electron chi connectivity index (χ2n) is 12.5. The van der Waals surface area contributed by atoms with Crippen molar-refractivity contribution in [2.24, 2.45) is 0 Å². The van der Waals surface area contributed by atoms with Gasteiger partial charge in [-0.2, -0.15) is 0 Å². The summed E-state index contributed by atoms with van der Waals surface area (Å²) in [6.07, 6.45) is 23.0. The predicted octanol–water partition coefficient (Wildman–Crippen LogP) is 12.8. The van der Waals surface area contributed by atoms with Crippen LogP contribution in [0.1, 0.15) is 133 Å². The Kier molecular flexibility index (Phi) is 14.3. The van der Waals surface area contributed by atoms with Crippen molar-refractivity contribution in [3.05, 3.63) is 74.4 Å². The quantitative estimate of drug-likeness (QED) is 0.0587. The van der Waals surface area contributed by atoms with E-state index in [-0.39, 0.29) is 27.0 Å². The number of rotatable bonds is 20. The van der Waals surface area contributed by atoms with Crippen LogP contribution < -0.4 is 5.43 Å². The molecule has 0 spiro atoms. The first kappa shape index (κ1) is 35.0. The number of fused-ring (bicyclic) bond motifs is 2. The number of carbonyl (C=O) groups is 1. The topological polar surface area (TPSA) is 67.5 Å². The highest BCUT2D eigenvalue weighted by Crippen LogP contribution is 2.43. The Bertz CT molecular complexity index is 1540. The van der Waals surface area contributed by atoms with Crippen LogP contribution in [0.15, 0.2) is 57.7 Å². The molecule has 1 N–H and O–H groups in total. The van der Waals surface area contributed by atoms with Crippen LogP contribution in [-0.4, -0.2) is 10.9 Å². The molecule has 1 heterocycles. The highest BCUT2D eigenvalue weighted by atomic mass is 35.5. The molecule has 0 amide bonds. The van der Waals surface area contributed by atoms with E-state index in [9.17, 15) is 14.7 Å². The lowest BCUT2D eigenvalue weighted by Gasteiger charge is -2.16. The highest BCUT2D eigenvalue weighted by molar-refractivity contribution is 6.33. The minimum absolute atomic E-state index is 0.0871. The summed E-state index contributed by atoms with van der Waals surface area (Å²) in [5, 5.41) is 11.1. The molecule has 0 atom stereocenters. The van der Waals surface area contributed by atoms with Gasteiger partial charge in [0.05, 0.1) is 10.0 Å². The van der Waals surface area contributed by atoms with Gasteiger partial charge in [0, 0.05) is 40.6 Å². The van der Waals surface area contributed by atoms with Gasteiger partial charge in [-0.3, -0.25) is 9.59 Å². The molecule has 0 bridgehead atoms. The van der Waals surface area contributed by atoms with Crippen molar-refractivity contribution in [2.45, 2.75) is 122 Å². The van der Waals surface area contributed by atoms with E-state index in [1.54, 1.807) is 12.1 Å². The van der Waals surface area contributed by atoms with Crippen molar-refractivity contribution >= 4 is 40.0 Å². The van der Waals surface area contributed by atoms with Crippen LogP contribution >= 0.6 is 23.2 Å². The van der Waals surface area contributed by atoms with Gasteiger partial charge in [0.1, 0.15) is 17.1 Å². The van der Waals surface area contributed by atoms with E-state index in [0.717, 1.165) is 24.0 Å². The molecule has 0 radical (unpaired) electrons. The number of hydrogen-bond donors (Lipinski definition) is 1. The number of benzene rings is 3. The SMILES string of the molecule is CCCCCCCCCCCCCCCCCCCC(=O)c1ccc(-c2c3cc(Cl)c(=O)cc-3oc3cc(O)c(Cl)cc23)cc1. The van der Waals surface area contributed by atoms with Gasteiger partial charge in [0.25, 0.3) is 0 Å². The predicted molar refractivity (Wildman–Crippen MR) is 189 cm³/mol. The molecular formula is C39H48Cl2O4. The van der Waals surface area contributed by atoms with Gasteiger partial charge < -0.3 is 9.52 Å². The molecule has 6 heteroatoms. The Labute approximate surface area is 278 Å². The number of hydrogen-bond acceptors (Lipinski definition) is 4. The molecular weight excluding hydrogens is 603 g/mol. The summed E-state index contributed by atoms with van der Waals surface area (Å²) >= 11 is 12.4. The zero-order valence-electron chi connectivity index (χ0n) is 26.8. The molecule has 2 aromatic carbocycles. The van der Waals surface area contributed by atoms with Crippen LogP contribution in [0.25, 0.3) is 33.4 Å². The van der Waals surface area contributed by atoms with E-state index in [0.29, 0.717) is 34.3 Å². The number of ketones is 1. The number of unbranched alkanes of at least 4 members (excludes halogenated alkanes) is 16. The van der Waals surface area contributed by atoms with E-state index < -0.39 is 0 Å². The van der Waals surface area contributed by atoms with Crippen LogP contribution in [0.2, 0.25) is 10.0 Å². The Morgan fingerprint density at radius 1 is 0.689 bits per heavy atom. The maximum Gasteiger partial charge on any atom is 0.200 e. The highest BCUT2D eigenvalue weighted by Gasteiger charge is 2.20. The van der Waals surface area contributed by atoms with E-state index in [1.165, 1.54) is 108 Å². The third kappa shape index (κ3) is 10.3. The normalized spacial score (nSPS) is 11.5. The molecule has 0 unspecified atom stereocenters. The summed E-state index contributed by atoms with van der Waals surface area (Å²) in [6, 6.07) is 13.5. The maximum atomic E-state index is 12.9. The van der Waals surface area contributed by atoms with E-state index >= 15 is 0 Å². The number of aromatic hydroxyl groups is 1. The number of carbonyl (C=O) groups excluding carboxylic acids is 1. The first-order valence-corrected chi connectivity index (χ1v) is 17.9. The van der Waals surface area contributed by atoms with E-state index in [1.807, 2.05) is 24.3 Å². The second kappa shape index (κ2) is 18.4. The zero-order chi connectivity index (χ0) is 32.0. The first-order chi connectivity index (χ1) is 21.9. The van der Waals surface area contributed by atoms with Crippen LogP contribution in [0.4, 0.5) is 0 Å². The minimum Gasteiger partial charge on any atom is -0.506 e. The largest absolute Gasteiger partial charge is 0.506 e. The van der Waals surface area contributed by atoms with Gasteiger partial charge >= 0.3 is 0 Å². The van der Waals surface area contributed by atoms with Crippen molar-refractivity contribution in [1.29, 1.82) is 0 Å². The number of phenolic OH excluding ortho intramolecular Hbond substituents is 1. The van der Waals surface area contributed by atoms with Crippen LogP contribution in [0.3, 0.4) is 0 Å². The van der Waals surface area contributed by atoms with Crippen molar-refractivity contribution < 1.29 is 14.3 Å². The summed E-state index contributed by atoms with van der Waals surface area (Å²) in [4.78, 5) is 25.1. The van der Waals surface area contributed by atoms with Gasteiger partial charge in [-0.05, 0) is 24.1 Å². The van der Waals surface area contributed by atoms with Crippen molar-refractivity contribution in [3.63, 3.8) is 0 Å². The lowest BCUT2D eigenvalue weighted by molar-refractivity contribution is 0.0979. The van der Waals surface area contributed by atoms with E-state index in [2.05, 4.69) is 6.92 Å². The molecule has 242 valence electrons. The summed E-state index contributed by atoms with van der Waals surface area (Å²) in [5.74, 6) is 0.389. The lowest BCUT2D eigenvalue weighted by Crippen LogP contribution is -2.03. The molecule has 2 aliphatic rings. The smallest absolute Gasteiger partial charge is 0.200 e. The van der Waals surface area contributed by atoms with E-state index in [4.69, 9.17) is 27.6 Å². The standard InChI is InChI=1S/C39H48Cl2O4/c1-2-3-4-5-6-7-8-9-10-11-12-13-14-15-16-17-18-19-34(42)28-20-22-29(23-21-28)39-30-24-32(40)35(43)26-37(30)45-38-27-36(44)33(41)25-31(38)39/h20-27,43H,2-19H2,1H3. The summed E-state index contributed by atoms with van der Waals surface area (Å²) in [5.41, 5.74) is 2.96. The average molecular weight is 652 g/mol. The Balaban J connectivity index is 1.19. The van der Waals surface area contributed by atoms with Crippen molar-refractivity contribution in [3.8, 4) is 28.2 Å². The van der Waals surface area contributed by atoms with Crippen LogP contribution in [0.5, 0.6) is 5.75 Å². The Morgan fingerprint density at radius 3 is 1.78 bits per heavy atom. The summed E-state index contributed by atoms with van der Waals surface area (Å²) in [7, 11) is 0. The van der Waals surface area contributed by atoms with Crippen LogP contribution in [-0.2, 0) is 0 Å². The molecule has 4 rings (SSSR count). The van der Waals surface area contributed by atoms with Crippen molar-refractivity contribution in [1.82, 2.24) is 0 Å². The minimum atomic E-state index is -0.346. The van der Waals surface area contributed by atoms with Gasteiger partial charge in [-0.25, -0.2) is 0 Å². The molecule has 1 aliphatic carbocycles. The van der Waals surface area contributed by atoms with Gasteiger partial charge in [-0.1, -0.05) is 157 Å². The number of halogens is 2. The number of Topliss-reactive ketones (excluding diaryl/α,β-unsaturated/α-hetero) is 1. The lowest BCUT2D eigenvalue weighted by atomic mass is 9.92. The summed E-state index contributed by atoms with van der Waals surface area (Å²) in [6.45, 7) is 2.27. The average Bonchev–Trinajstić information content (AvgIpc) is 3.03. The molecule has 0 fully saturated rings.